The van der Waals surface area contributed by atoms with Gasteiger partial charge in [0.15, 0.2) is 18.3 Å². The highest BCUT2D eigenvalue weighted by atomic mass is 31.3. The highest BCUT2D eigenvalue weighted by molar-refractivity contribution is 7.61. The summed E-state index contributed by atoms with van der Waals surface area (Å²) >= 11 is 0. The average molecular weight is 684 g/mol. The zero-order valence-corrected chi connectivity index (χ0v) is 24.8. The van der Waals surface area contributed by atoms with Crippen LogP contribution in [-0.2, 0) is 32.0 Å². The third-order valence-electron chi connectivity index (χ3n) is 6.65. The van der Waals surface area contributed by atoms with Crippen molar-refractivity contribution in [3.8, 4) is 5.75 Å². The van der Waals surface area contributed by atoms with Crippen LogP contribution in [0.3, 0.4) is 0 Å². The summed E-state index contributed by atoms with van der Waals surface area (Å²) in [6, 6.07) is 6.71. The van der Waals surface area contributed by atoms with Gasteiger partial charge in [0.05, 0.1) is 6.61 Å². The first-order valence-corrected chi connectivity index (χ1v) is 15.9. The highest BCUT2D eigenvalue weighted by Gasteiger charge is 2.50. The number of ketones is 1. The van der Waals surface area contributed by atoms with Crippen molar-refractivity contribution in [3.05, 3.63) is 62.9 Å². The van der Waals surface area contributed by atoms with E-state index >= 15 is 0 Å². The van der Waals surface area contributed by atoms with E-state index < -0.39 is 95.4 Å². The van der Waals surface area contributed by atoms with Crippen LogP contribution in [0.25, 0.3) is 0 Å². The molecule has 8 N–H and O–H groups in total. The molecule has 11 atom stereocenters. The average Bonchev–Trinajstić information content (AvgIpc) is 3.24. The second-order valence-corrected chi connectivity index (χ2v) is 12.9. The van der Waals surface area contributed by atoms with Crippen LogP contribution in [0, 0.1) is 0 Å². The Kier molecular flexibility index (Phi) is 11.0. The third-order valence-corrected chi connectivity index (χ3v) is 9.25. The van der Waals surface area contributed by atoms with Crippen LogP contribution >= 0.6 is 15.6 Å². The van der Waals surface area contributed by atoms with Gasteiger partial charge >= 0.3 is 21.3 Å². The van der Waals surface area contributed by atoms with Crippen LogP contribution in [0.4, 0.5) is 0 Å². The van der Waals surface area contributed by atoms with Gasteiger partial charge in [-0.3, -0.25) is 28.2 Å². The molecule has 2 aliphatic heterocycles. The molecule has 2 aromatic rings. The Morgan fingerprint density at radius 3 is 2.11 bits per heavy atom. The number of rotatable bonds is 12. The molecule has 22 heteroatoms. The first-order chi connectivity index (χ1) is 21.0. The van der Waals surface area contributed by atoms with Gasteiger partial charge in [0, 0.05) is 17.8 Å². The van der Waals surface area contributed by atoms with Crippen LogP contribution < -0.4 is 16.0 Å². The van der Waals surface area contributed by atoms with Crippen molar-refractivity contribution >= 4 is 21.4 Å². The summed E-state index contributed by atoms with van der Waals surface area (Å²) in [4.78, 5) is 56.7. The number of H-pyrrole nitrogens is 1. The molecule has 0 aliphatic carbocycles. The summed E-state index contributed by atoms with van der Waals surface area (Å²) in [5.74, 6) is 0.0140. The number of carbonyl (C=O) groups is 1. The van der Waals surface area contributed by atoms with Crippen molar-refractivity contribution in [2.75, 3.05) is 13.2 Å². The monoisotopic (exact) mass is 684 g/mol. The van der Waals surface area contributed by atoms with Gasteiger partial charge in [-0.05, 0) is 31.2 Å². The number of aromatic amines is 1. The molecule has 2 fully saturated rings. The number of carbonyl (C=O) groups excluding carboxylic acids is 1. The maximum Gasteiger partial charge on any atom is 0.483 e. The molecule has 0 spiro atoms. The SMILES string of the molecule is CC(=O)c1ccc(OC[C@H]2OC(OP(=O)(O)OP(=O)(O)OC[C@H]3O[C@@H](n4ccc(=O)[nH]c4=O)C(O)[C@H]3O)[C@H](O)[C@@H](O)[C@H]2O)cc1. The van der Waals surface area contributed by atoms with E-state index in [9.17, 15) is 58.8 Å². The van der Waals surface area contributed by atoms with Gasteiger partial charge in [0.2, 0.25) is 0 Å². The summed E-state index contributed by atoms with van der Waals surface area (Å²) in [5.41, 5.74) is -1.36. The lowest BCUT2D eigenvalue weighted by Crippen LogP contribution is -2.59. The summed E-state index contributed by atoms with van der Waals surface area (Å²) in [6.07, 6.45) is -15.4. The number of nitrogens with zero attached hydrogens (tertiary/aromatic N) is 1. The number of hydrogen-bond acceptors (Lipinski definition) is 16. The number of phosphoric ester groups is 2. The molecule has 2 aliphatic rings. The third kappa shape index (κ3) is 8.59. The Morgan fingerprint density at radius 2 is 1.49 bits per heavy atom. The second kappa shape index (κ2) is 14.0. The van der Waals surface area contributed by atoms with Gasteiger partial charge in [-0.25, -0.2) is 13.9 Å². The molecular formula is C23H30N2O18P2. The topological polar surface area (TPSA) is 303 Å². The number of aliphatic hydroxyl groups excluding tert-OH is 5. The van der Waals surface area contributed by atoms with E-state index in [1.165, 1.54) is 31.2 Å². The van der Waals surface area contributed by atoms with E-state index in [0.717, 1.165) is 16.8 Å². The molecule has 2 saturated heterocycles. The van der Waals surface area contributed by atoms with Crippen molar-refractivity contribution in [1.82, 2.24) is 9.55 Å². The van der Waals surface area contributed by atoms with Gasteiger partial charge in [0.1, 0.15) is 55.1 Å². The molecule has 0 bridgehead atoms. The van der Waals surface area contributed by atoms with Gasteiger partial charge in [0.25, 0.3) is 5.56 Å². The molecule has 0 amide bonds. The van der Waals surface area contributed by atoms with Crippen molar-refractivity contribution in [1.29, 1.82) is 0 Å². The normalized spacial score (nSPS) is 32.8. The standard InChI is InChI=1S/C23H30N2O18P2/c1-10(26)11-2-4-12(5-3-11)38-8-13-16(28)18(30)20(32)22(41-13)42-45(36,37)43-44(34,35)39-9-14-17(29)19(31)21(40-14)25-7-6-15(27)24-23(25)33/h2-7,13-14,16-22,28-32H,8-9H2,1H3,(H,34,35)(H,36,37)(H,24,27,33)/t13-,14-,16+,17+,18+,19?,20-,21-,22?/m1/s1. The van der Waals surface area contributed by atoms with E-state index in [-0.39, 0.29) is 11.5 Å². The molecule has 1 aromatic carbocycles. The quantitative estimate of drug-likeness (QED) is 0.0846. The summed E-state index contributed by atoms with van der Waals surface area (Å²) < 4.78 is 55.1. The maximum atomic E-state index is 12.5. The predicted octanol–water partition coefficient (Wildman–Crippen LogP) is -2.50. The fraction of sp³-hybridized carbons (Fsp3) is 0.522. The molecule has 4 rings (SSSR count). The van der Waals surface area contributed by atoms with Gasteiger partial charge in [-0.15, -0.1) is 0 Å². The van der Waals surface area contributed by atoms with Crippen LogP contribution in [0.1, 0.15) is 23.5 Å². The molecule has 250 valence electrons. The van der Waals surface area contributed by atoms with Crippen molar-refractivity contribution in [2.45, 2.75) is 62.2 Å². The molecule has 0 saturated carbocycles. The van der Waals surface area contributed by atoms with E-state index in [4.69, 9.17) is 14.2 Å². The number of phosphoric acid groups is 2. The van der Waals surface area contributed by atoms with Crippen LogP contribution in [0.2, 0.25) is 0 Å². The molecular weight excluding hydrogens is 654 g/mol. The molecule has 45 heavy (non-hydrogen) atoms. The van der Waals surface area contributed by atoms with Crippen molar-refractivity contribution in [2.24, 2.45) is 0 Å². The minimum absolute atomic E-state index is 0.198. The number of ether oxygens (including phenoxy) is 3. The summed E-state index contributed by atoms with van der Waals surface area (Å²) in [6.45, 7) is -0.178. The Hall–Kier alpha value is -2.65. The maximum absolute atomic E-state index is 12.5. The van der Waals surface area contributed by atoms with E-state index in [1.807, 2.05) is 4.98 Å². The number of aliphatic hydroxyl groups is 5. The number of hydrogen-bond donors (Lipinski definition) is 8. The minimum atomic E-state index is -5.67. The number of benzene rings is 1. The minimum Gasteiger partial charge on any atom is -0.491 e. The van der Waals surface area contributed by atoms with E-state index in [1.54, 1.807) is 0 Å². The lowest BCUT2D eigenvalue weighted by molar-refractivity contribution is -0.279. The van der Waals surface area contributed by atoms with E-state index in [2.05, 4.69) is 13.4 Å². The number of aromatic nitrogens is 2. The van der Waals surface area contributed by atoms with E-state index in [0.29, 0.717) is 5.56 Å². The fourth-order valence-electron chi connectivity index (χ4n) is 4.30. The van der Waals surface area contributed by atoms with Crippen molar-refractivity contribution < 1.29 is 76.8 Å². The van der Waals surface area contributed by atoms with Crippen LogP contribution in [0.5, 0.6) is 5.75 Å². The van der Waals surface area contributed by atoms with Crippen LogP contribution in [0.15, 0.2) is 46.1 Å². The molecule has 0 radical (unpaired) electrons. The number of nitrogens with one attached hydrogen (secondary N) is 1. The number of Topliss-reactive ketones (excluding diaryl/α,β-unsaturated/α-hetero) is 1. The lowest BCUT2D eigenvalue weighted by Gasteiger charge is -2.40. The highest BCUT2D eigenvalue weighted by Crippen LogP contribution is 2.61. The largest absolute Gasteiger partial charge is 0.491 e. The summed E-state index contributed by atoms with van der Waals surface area (Å²) in [5, 5.41) is 51.2. The molecule has 20 nitrogen and oxygen atoms in total. The Balaban J connectivity index is 1.34. The smallest absolute Gasteiger partial charge is 0.483 e. The van der Waals surface area contributed by atoms with Gasteiger partial charge in [-0.1, -0.05) is 0 Å². The zero-order chi connectivity index (χ0) is 33.3. The van der Waals surface area contributed by atoms with Crippen LogP contribution in [-0.4, -0.2) is 113 Å². The molecule has 3 heterocycles. The molecule has 1 aromatic heterocycles. The van der Waals surface area contributed by atoms with Gasteiger partial charge < -0.3 is 49.5 Å². The lowest BCUT2D eigenvalue weighted by atomic mass is 9.99. The second-order valence-electron chi connectivity index (χ2n) is 9.89. The first-order valence-electron chi connectivity index (χ1n) is 12.9. The zero-order valence-electron chi connectivity index (χ0n) is 23.0. The Bertz CT molecular complexity index is 1560. The summed E-state index contributed by atoms with van der Waals surface area (Å²) in [7, 11) is -11.2. The molecule has 4 unspecified atom stereocenters. The van der Waals surface area contributed by atoms with Gasteiger partial charge in [-0.2, -0.15) is 4.31 Å². The van der Waals surface area contributed by atoms with Crippen molar-refractivity contribution in [3.63, 3.8) is 0 Å². The fourth-order valence-corrected chi connectivity index (χ4v) is 6.46. The predicted molar refractivity (Wildman–Crippen MR) is 144 cm³/mol. The Morgan fingerprint density at radius 1 is 0.867 bits per heavy atom. The first kappa shape index (κ1) is 35.2. The Labute approximate surface area is 252 Å².